The molecule has 1 aliphatic rings. The number of para-hydroxylation sites is 1. The summed E-state index contributed by atoms with van der Waals surface area (Å²) in [5, 5.41) is 0.959. The number of hydrogen-bond acceptors (Lipinski definition) is 7. The Kier molecular flexibility index (Phi) is 7.14. The van der Waals surface area contributed by atoms with Crippen LogP contribution in [-0.4, -0.2) is 40.1 Å². The third-order valence-corrected chi connectivity index (χ3v) is 7.76. The number of pyridine rings is 1. The van der Waals surface area contributed by atoms with E-state index in [1.54, 1.807) is 60.7 Å². The molecule has 0 atom stereocenters. The van der Waals surface area contributed by atoms with E-state index in [1.165, 1.54) is 14.2 Å². The van der Waals surface area contributed by atoms with E-state index in [0.29, 0.717) is 63.7 Å². The van der Waals surface area contributed by atoms with Gasteiger partial charge in [-0.2, -0.15) is 0 Å². The zero-order valence-corrected chi connectivity index (χ0v) is 23.6. The summed E-state index contributed by atoms with van der Waals surface area (Å²) >= 11 is 0. The van der Waals surface area contributed by atoms with Gasteiger partial charge in [-0.25, -0.2) is 9.47 Å². The standard InChI is InChI=1S/C32H28N4O7/c1-42-23-16-15-21-25-27(18-10-5-6-11-19(18)28(25)38)36(31(40)26(21)29(23)43-2)34-24(37)14-4-3-9-17-35-30(39)20-12-7-8-13-22(20)33-32(35)41/h5-8,10-13,15-16H,3-4,9,14,17H2,1-2H3,(H,33,41)(H,34,37). The van der Waals surface area contributed by atoms with Gasteiger partial charge in [0.05, 0.1) is 41.8 Å². The lowest BCUT2D eigenvalue weighted by Crippen LogP contribution is -2.35. The molecule has 2 aromatic heterocycles. The Morgan fingerprint density at radius 1 is 0.814 bits per heavy atom. The van der Waals surface area contributed by atoms with Crippen LogP contribution in [0.2, 0.25) is 0 Å². The molecule has 5 aromatic rings. The molecule has 0 fully saturated rings. The number of carbonyl (C=O) groups is 2. The molecule has 1 amide bonds. The molecule has 0 saturated carbocycles. The number of ketones is 1. The molecule has 3 aromatic carbocycles. The highest BCUT2D eigenvalue weighted by Gasteiger charge is 2.34. The summed E-state index contributed by atoms with van der Waals surface area (Å²) in [5.41, 5.74) is 3.38. The summed E-state index contributed by atoms with van der Waals surface area (Å²) < 4.78 is 13.2. The summed E-state index contributed by atoms with van der Waals surface area (Å²) in [6.07, 6.45) is 1.58. The summed E-state index contributed by atoms with van der Waals surface area (Å²) in [5.74, 6) is -0.205. The quantitative estimate of drug-likeness (QED) is 0.249. The largest absolute Gasteiger partial charge is 0.493 e. The Labute approximate surface area is 244 Å². The lowest BCUT2D eigenvalue weighted by atomic mass is 10.0. The van der Waals surface area contributed by atoms with Gasteiger partial charge < -0.3 is 14.5 Å². The molecular weight excluding hydrogens is 552 g/mol. The van der Waals surface area contributed by atoms with E-state index in [1.807, 2.05) is 0 Å². The number of H-pyrrole nitrogens is 1. The maximum atomic E-state index is 13.9. The number of methoxy groups -OCH3 is 2. The second-order valence-corrected chi connectivity index (χ2v) is 10.2. The van der Waals surface area contributed by atoms with Crippen LogP contribution < -0.4 is 31.7 Å². The smallest absolute Gasteiger partial charge is 0.328 e. The van der Waals surface area contributed by atoms with Crippen molar-refractivity contribution >= 4 is 33.4 Å². The maximum Gasteiger partial charge on any atom is 0.328 e. The molecule has 2 heterocycles. The molecule has 11 heteroatoms. The molecule has 2 N–H and O–H groups in total. The van der Waals surface area contributed by atoms with Crippen LogP contribution in [0.5, 0.6) is 11.5 Å². The van der Waals surface area contributed by atoms with Gasteiger partial charge in [0, 0.05) is 29.5 Å². The molecule has 0 radical (unpaired) electrons. The van der Waals surface area contributed by atoms with Crippen LogP contribution in [0.4, 0.5) is 0 Å². The Hall–Kier alpha value is -5.45. The summed E-state index contributed by atoms with van der Waals surface area (Å²) in [6.45, 7) is 0.207. The minimum absolute atomic E-state index is 0.0765. The van der Waals surface area contributed by atoms with Crippen molar-refractivity contribution in [3.05, 3.63) is 103 Å². The minimum Gasteiger partial charge on any atom is -0.493 e. The number of amides is 1. The zero-order valence-electron chi connectivity index (χ0n) is 23.6. The molecule has 0 aliphatic heterocycles. The number of benzene rings is 3. The number of rotatable bonds is 9. The molecule has 218 valence electrons. The molecule has 0 saturated heterocycles. The second kappa shape index (κ2) is 11.1. The lowest BCUT2D eigenvalue weighted by molar-refractivity contribution is -0.117. The molecule has 43 heavy (non-hydrogen) atoms. The van der Waals surface area contributed by atoms with Crippen LogP contribution in [0.1, 0.15) is 41.6 Å². The van der Waals surface area contributed by atoms with Crippen LogP contribution in [-0.2, 0) is 11.3 Å². The molecule has 0 spiro atoms. The second-order valence-electron chi connectivity index (χ2n) is 10.2. The van der Waals surface area contributed by atoms with Crippen LogP contribution in [0.25, 0.3) is 32.9 Å². The number of aromatic amines is 1. The van der Waals surface area contributed by atoms with Gasteiger partial charge >= 0.3 is 5.69 Å². The topological polar surface area (TPSA) is 141 Å². The Morgan fingerprint density at radius 3 is 2.33 bits per heavy atom. The van der Waals surface area contributed by atoms with Gasteiger partial charge in [0.1, 0.15) is 0 Å². The Bertz CT molecular complexity index is 2120. The number of fused-ring (bicyclic) bond motifs is 6. The summed E-state index contributed by atoms with van der Waals surface area (Å²) in [4.78, 5) is 68.5. The van der Waals surface area contributed by atoms with Gasteiger partial charge in [-0.3, -0.25) is 29.2 Å². The molecular formula is C32H28N4O7. The van der Waals surface area contributed by atoms with Crippen molar-refractivity contribution in [1.29, 1.82) is 0 Å². The van der Waals surface area contributed by atoms with Gasteiger partial charge in [0.15, 0.2) is 17.3 Å². The number of nitrogens with zero attached hydrogens (tertiary/aromatic N) is 2. The highest BCUT2D eigenvalue weighted by atomic mass is 16.5. The molecule has 0 unspecified atom stereocenters. The monoisotopic (exact) mass is 580 g/mol. The van der Waals surface area contributed by atoms with Crippen LogP contribution in [0.3, 0.4) is 0 Å². The zero-order chi connectivity index (χ0) is 30.2. The fourth-order valence-electron chi connectivity index (χ4n) is 5.73. The fourth-order valence-corrected chi connectivity index (χ4v) is 5.73. The van der Waals surface area contributed by atoms with Crippen molar-refractivity contribution in [3.8, 4) is 22.8 Å². The molecule has 6 rings (SSSR count). The molecule has 0 bridgehead atoms. The minimum atomic E-state index is -0.558. The Morgan fingerprint density at radius 2 is 1.56 bits per heavy atom. The van der Waals surface area contributed by atoms with E-state index >= 15 is 0 Å². The number of unbranched alkanes of at least 4 members (excludes halogenated alkanes) is 2. The predicted octanol–water partition coefficient (Wildman–Crippen LogP) is 3.56. The van der Waals surface area contributed by atoms with Gasteiger partial charge in [-0.15, -0.1) is 0 Å². The summed E-state index contributed by atoms with van der Waals surface area (Å²) in [7, 11) is 2.86. The van der Waals surface area contributed by atoms with Crippen molar-refractivity contribution < 1.29 is 19.1 Å². The average Bonchev–Trinajstić information content (AvgIpc) is 3.31. The highest BCUT2D eigenvalue weighted by molar-refractivity contribution is 6.27. The molecule has 11 nitrogen and oxygen atoms in total. The van der Waals surface area contributed by atoms with Crippen molar-refractivity contribution in [1.82, 2.24) is 14.2 Å². The first-order valence-corrected chi connectivity index (χ1v) is 13.8. The first-order valence-electron chi connectivity index (χ1n) is 13.8. The number of hydrogen-bond donors (Lipinski definition) is 2. The summed E-state index contributed by atoms with van der Waals surface area (Å²) in [6, 6.07) is 17.1. The predicted molar refractivity (Wildman–Crippen MR) is 162 cm³/mol. The maximum absolute atomic E-state index is 13.9. The average molecular weight is 581 g/mol. The lowest BCUT2D eigenvalue weighted by Gasteiger charge is -2.18. The third kappa shape index (κ3) is 4.58. The van der Waals surface area contributed by atoms with E-state index < -0.39 is 17.2 Å². The van der Waals surface area contributed by atoms with E-state index in [2.05, 4.69) is 10.4 Å². The van der Waals surface area contributed by atoms with Gasteiger partial charge in [0.25, 0.3) is 11.1 Å². The van der Waals surface area contributed by atoms with Gasteiger partial charge in [0.2, 0.25) is 5.91 Å². The third-order valence-electron chi connectivity index (χ3n) is 7.76. The van der Waals surface area contributed by atoms with Crippen molar-refractivity contribution in [2.45, 2.75) is 32.2 Å². The van der Waals surface area contributed by atoms with Crippen molar-refractivity contribution in [2.75, 3.05) is 19.6 Å². The number of nitrogens with one attached hydrogen (secondary N) is 2. The van der Waals surface area contributed by atoms with Crippen molar-refractivity contribution in [3.63, 3.8) is 0 Å². The van der Waals surface area contributed by atoms with E-state index in [-0.39, 0.29) is 35.4 Å². The van der Waals surface area contributed by atoms with Crippen LogP contribution in [0, 0.1) is 0 Å². The van der Waals surface area contributed by atoms with Crippen LogP contribution in [0.15, 0.2) is 75.0 Å². The van der Waals surface area contributed by atoms with Crippen LogP contribution >= 0.6 is 0 Å². The number of ether oxygens (including phenoxy) is 2. The van der Waals surface area contributed by atoms with E-state index in [9.17, 15) is 24.0 Å². The van der Waals surface area contributed by atoms with Gasteiger partial charge in [-0.1, -0.05) is 42.8 Å². The SMILES string of the molecule is COc1ccc2c3c(n(NC(=O)CCCCCn4c(=O)[nH]c5ccccc5c4=O)c(=O)c2c1OC)-c1ccccc1C3=O. The highest BCUT2D eigenvalue weighted by Crippen LogP contribution is 2.42. The van der Waals surface area contributed by atoms with E-state index in [0.717, 1.165) is 9.24 Å². The van der Waals surface area contributed by atoms with Gasteiger partial charge in [-0.05, 0) is 37.1 Å². The van der Waals surface area contributed by atoms with Crippen molar-refractivity contribution in [2.24, 2.45) is 0 Å². The number of aromatic nitrogens is 3. The number of carbonyl (C=O) groups excluding carboxylic acids is 2. The molecule has 1 aliphatic carbocycles. The normalized spacial score (nSPS) is 11.9. The fraction of sp³-hybridized carbons (Fsp3) is 0.219. The first kappa shape index (κ1) is 27.7. The Balaban J connectivity index is 1.25. The first-order chi connectivity index (χ1) is 20.8. The van der Waals surface area contributed by atoms with E-state index in [4.69, 9.17) is 9.47 Å².